The minimum atomic E-state index is -0.435. The van der Waals surface area contributed by atoms with Gasteiger partial charge in [-0.2, -0.15) is 0 Å². The van der Waals surface area contributed by atoms with Crippen LogP contribution >= 0.6 is 11.8 Å². The van der Waals surface area contributed by atoms with E-state index in [9.17, 15) is 5.11 Å². The highest BCUT2D eigenvalue weighted by Crippen LogP contribution is 2.29. The van der Waals surface area contributed by atoms with E-state index in [1.807, 2.05) is 12.1 Å². The number of pyridine rings is 1. The molecule has 0 saturated heterocycles. The Bertz CT molecular complexity index is 288. The molecule has 2 atom stereocenters. The molecule has 1 aromatic rings. The van der Waals surface area contributed by atoms with E-state index in [0.717, 1.165) is 17.0 Å². The number of aliphatic hydroxyl groups is 1. The normalized spacial score (nSPS) is 15.1. The molecular formula is C11H17NOS. The van der Waals surface area contributed by atoms with Crippen molar-refractivity contribution in [1.82, 2.24) is 4.98 Å². The molecular weight excluding hydrogens is 194 g/mol. The van der Waals surface area contributed by atoms with Crippen molar-refractivity contribution >= 4 is 11.8 Å². The summed E-state index contributed by atoms with van der Waals surface area (Å²) in [5.41, 5.74) is 0.929. The lowest BCUT2D eigenvalue weighted by Crippen LogP contribution is -2.00. The van der Waals surface area contributed by atoms with Crippen LogP contribution in [-0.2, 0) is 0 Å². The lowest BCUT2D eigenvalue weighted by Gasteiger charge is -2.13. The average molecular weight is 211 g/mol. The van der Waals surface area contributed by atoms with Crippen LogP contribution in [0.4, 0.5) is 0 Å². The summed E-state index contributed by atoms with van der Waals surface area (Å²) in [5, 5.41) is 11.0. The molecule has 1 heterocycles. The van der Waals surface area contributed by atoms with E-state index >= 15 is 0 Å². The molecule has 0 aromatic carbocycles. The molecule has 0 aliphatic heterocycles. The number of rotatable bonds is 4. The molecule has 78 valence electrons. The molecule has 0 bridgehead atoms. The molecule has 1 unspecified atom stereocenters. The van der Waals surface area contributed by atoms with Gasteiger partial charge < -0.3 is 5.11 Å². The molecule has 2 nitrogen and oxygen atoms in total. The highest BCUT2D eigenvalue weighted by Gasteiger charge is 2.11. The van der Waals surface area contributed by atoms with Crippen LogP contribution in [-0.4, -0.2) is 15.3 Å². The standard InChI is InChI=1S/C11H17NOS/c1-4-8(2)14-11-10(9(3)13)6-5-7-12-11/h5-9,13H,4H2,1-3H3/t8?,9-/m1/s1. The van der Waals surface area contributed by atoms with Gasteiger partial charge in [0.05, 0.1) is 6.10 Å². The summed E-state index contributed by atoms with van der Waals surface area (Å²) in [6.07, 6.45) is 2.45. The first-order valence-corrected chi connectivity index (χ1v) is 5.82. The Morgan fingerprint density at radius 1 is 1.50 bits per heavy atom. The van der Waals surface area contributed by atoms with Gasteiger partial charge in [-0.05, 0) is 19.4 Å². The summed E-state index contributed by atoms with van der Waals surface area (Å²) in [5.74, 6) is 0. The first-order chi connectivity index (χ1) is 6.65. The summed E-state index contributed by atoms with van der Waals surface area (Å²) in [4.78, 5) is 4.29. The molecule has 0 amide bonds. The second-order valence-electron chi connectivity index (χ2n) is 3.41. The van der Waals surface area contributed by atoms with E-state index in [0.29, 0.717) is 5.25 Å². The first-order valence-electron chi connectivity index (χ1n) is 4.94. The first kappa shape index (κ1) is 11.5. The number of nitrogens with zero attached hydrogens (tertiary/aromatic N) is 1. The number of aromatic nitrogens is 1. The van der Waals surface area contributed by atoms with Crippen LogP contribution in [0.25, 0.3) is 0 Å². The Morgan fingerprint density at radius 3 is 2.79 bits per heavy atom. The highest BCUT2D eigenvalue weighted by molar-refractivity contribution is 7.99. The van der Waals surface area contributed by atoms with Gasteiger partial charge in [0.25, 0.3) is 0 Å². The van der Waals surface area contributed by atoms with Gasteiger partial charge in [0.1, 0.15) is 5.03 Å². The molecule has 1 rings (SSSR count). The fourth-order valence-corrected chi connectivity index (χ4v) is 2.14. The fraction of sp³-hybridized carbons (Fsp3) is 0.545. The van der Waals surface area contributed by atoms with Crippen LogP contribution in [0.3, 0.4) is 0 Å². The van der Waals surface area contributed by atoms with Gasteiger partial charge in [0, 0.05) is 17.0 Å². The van der Waals surface area contributed by atoms with Gasteiger partial charge in [-0.1, -0.05) is 19.9 Å². The van der Waals surface area contributed by atoms with Gasteiger partial charge in [-0.15, -0.1) is 11.8 Å². The zero-order valence-corrected chi connectivity index (χ0v) is 9.71. The summed E-state index contributed by atoms with van der Waals surface area (Å²) in [6, 6.07) is 3.80. The second-order valence-corrected chi connectivity index (χ2v) is 4.84. The molecule has 14 heavy (non-hydrogen) atoms. The third-order valence-corrected chi connectivity index (χ3v) is 3.44. The molecule has 1 N–H and O–H groups in total. The second kappa shape index (κ2) is 5.37. The van der Waals surface area contributed by atoms with Crippen molar-refractivity contribution < 1.29 is 5.11 Å². The molecule has 0 aliphatic carbocycles. The van der Waals surface area contributed by atoms with Crippen molar-refractivity contribution in [3.63, 3.8) is 0 Å². The van der Waals surface area contributed by atoms with Crippen molar-refractivity contribution in [2.45, 2.75) is 43.6 Å². The Hall–Kier alpha value is -0.540. The predicted octanol–water partition coefficient (Wildman–Crippen LogP) is 3.03. The summed E-state index contributed by atoms with van der Waals surface area (Å²) < 4.78 is 0. The Balaban J connectivity index is 2.84. The topological polar surface area (TPSA) is 33.1 Å². The van der Waals surface area contributed by atoms with E-state index in [-0.39, 0.29) is 0 Å². The van der Waals surface area contributed by atoms with Gasteiger partial charge in [0.15, 0.2) is 0 Å². The lowest BCUT2D eigenvalue weighted by atomic mass is 10.2. The predicted molar refractivity (Wildman–Crippen MR) is 60.5 cm³/mol. The molecule has 0 fully saturated rings. The van der Waals surface area contributed by atoms with E-state index in [1.54, 1.807) is 24.9 Å². The maximum Gasteiger partial charge on any atom is 0.102 e. The van der Waals surface area contributed by atoms with E-state index in [2.05, 4.69) is 18.8 Å². The van der Waals surface area contributed by atoms with Crippen LogP contribution in [0, 0.1) is 0 Å². The molecule has 0 aliphatic rings. The van der Waals surface area contributed by atoms with Crippen LogP contribution < -0.4 is 0 Å². The summed E-state index contributed by atoms with van der Waals surface area (Å²) >= 11 is 1.73. The maximum atomic E-state index is 9.54. The van der Waals surface area contributed by atoms with Crippen molar-refractivity contribution in [2.75, 3.05) is 0 Å². The number of aliphatic hydroxyl groups excluding tert-OH is 1. The average Bonchev–Trinajstić information content (AvgIpc) is 2.18. The summed E-state index contributed by atoms with van der Waals surface area (Å²) in [6.45, 7) is 6.10. The third-order valence-electron chi connectivity index (χ3n) is 2.14. The van der Waals surface area contributed by atoms with Crippen molar-refractivity contribution in [2.24, 2.45) is 0 Å². The maximum absolute atomic E-state index is 9.54. The van der Waals surface area contributed by atoms with Crippen LogP contribution in [0.2, 0.25) is 0 Å². The quantitative estimate of drug-likeness (QED) is 0.777. The van der Waals surface area contributed by atoms with Crippen LogP contribution in [0.1, 0.15) is 38.9 Å². The minimum Gasteiger partial charge on any atom is -0.389 e. The third kappa shape index (κ3) is 3.00. The van der Waals surface area contributed by atoms with Crippen LogP contribution in [0.5, 0.6) is 0 Å². The molecule has 0 saturated carbocycles. The zero-order chi connectivity index (χ0) is 10.6. The molecule has 1 aromatic heterocycles. The van der Waals surface area contributed by atoms with Gasteiger partial charge in [0.2, 0.25) is 0 Å². The monoisotopic (exact) mass is 211 g/mol. The van der Waals surface area contributed by atoms with Crippen molar-refractivity contribution in [3.8, 4) is 0 Å². The SMILES string of the molecule is CCC(C)Sc1ncccc1[C@@H](C)O. The minimum absolute atomic E-state index is 0.435. The van der Waals surface area contributed by atoms with Crippen LogP contribution in [0.15, 0.2) is 23.4 Å². The Kier molecular flexibility index (Phi) is 4.42. The van der Waals surface area contributed by atoms with Crippen molar-refractivity contribution in [3.05, 3.63) is 23.9 Å². The highest BCUT2D eigenvalue weighted by atomic mass is 32.2. The fourth-order valence-electron chi connectivity index (χ4n) is 1.09. The largest absolute Gasteiger partial charge is 0.389 e. The Labute approximate surface area is 89.8 Å². The van der Waals surface area contributed by atoms with Gasteiger partial charge in [-0.3, -0.25) is 0 Å². The number of hydrogen-bond acceptors (Lipinski definition) is 3. The Morgan fingerprint density at radius 2 is 2.21 bits per heavy atom. The molecule has 0 spiro atoms. The van der Waals surface area contributed by atoms with Gasteiger partial charge >= 0.3 is 0 Å². The van der Waals surface area contributed by atoms with Crippen molar-refractivity contribution in [1.29, 1.82) is 0 Å². The lowest BCUT2D eigenvalue weighted by molar-refractivity contribution is 0.195. The number of hydrogen-bond donors (Lipinski definition) is 1. The molecule has 3 heteroatoms. The van der Waals surface area contributed by atoms with E-state index < -0.39 is 6.10 Å². The summed E-state index contributed by atoms with van der Waals surface area (Å²) in [7, 11) is 0. The molecule has 0 radical (unpaired) electrons. The zero-order valence-electron chi connectivity index (χ0n) is 8.90. The van der Waals surface area contributed by atoms with E-state index in [4.69, 9.17) is 0 Å². The van der Waals surface area contributed by atoms with Gasteiger partial charge in [-0.25, -0.2) is 4.98 Å². The smallest absolute Gasteiger partial charge is 0.102 e. The van der Waals surface area contributed by atoms with E-state index in [1.165, 1.54) is 0 Å². The number of thioether (sulfide) groups is 1.